The van der Waals surface area contributed by atoms with Gasteiger partial charge in [-0.15, -0.1) is 0 Å². The van der Waals surface area contributed by atoms with Gasteiger partial charge in [0.05, 0.1) is 12.8 Å². The quantitative estimate of drug-likeness (QED) is 0.875. The average Bonchev–Trinajstić information content (AvgIpc) is 2.45. The first kappa shape index (κ1) is 12.3. The normalized spacial score (nSPS) is 10.7. The van der Waals surface area contributed by atoms with Gasteiger partial charge < -0.3 is 9.84 Å². The lowest BCUT2D eigenvalue weighted by Gasteiger charge is -2.06. The van der Waals surface area contributed by atoms with Crippen molar-refractivity contribution in [3.8, 4) is 5.75 Å². The van der Waals surface area contributed by atoms with Crippen LogP contribution >= 0.6 is 0 Å². The van der Waals surface area contributed by atoms with Gasteiger partial charge in [-0.1, -0.05) is 36.4 Å². The highest BCUT2D eigenvalue weighted by atomic mass is 16.5. The summed E-state index contributed by atoms with van der Waals surface area (Å²) in [5.41, 5.74) is 1.88. The summed E-state index contributed by atoms with van der Waals surface area (Å²) in [7, 11) is 0. The van der Waals surface area contributed by atoms with E-state index < -0.39 is 0 Å². The van der Waals surface area contributed by atoms with E-state index in [0.717, 1.165) is 11.1 Å². The second-order valence-electron chi connectivity index (χ2n) is 3.77. The van der Waals surface area contributed by atoms with Crippen LogP contribution in [-0.2, 0) is 6.61 Å². The van der Waals surface area contributed by atoms with E-state index >= 15 is 0 Å². The molecule has 92 valence electrons. The van der Waals surface area contributed by atoms with Gasteiger partial charge >= 0.3 is 0 Å². The Hall–Kier alpha value is -2.13. The van der Waals surface area contributed by atoms with Crippen molar-refractivity contribution >= 4 is 6.08 Å². The van der Waals surface area contributed by atoms with E-state index in [1.165, 1.54) is 0 Å². The Bertz CT molecular complexity index is 509. The summed E-state index contributed by atoms with van der Waals surface area (Å²) >= 11 is 0. The Balaban J connectivity index is 1.91. The number of benzene rings is 1. The zero-order valence-corrected chi connectivity index (χ0v) is 9.99. The summed E-state index contributed by atoms with van der Waals surface area (Å²) in [4.78, 5) is 3.97. The minimum Gasteiger partial charge on any atom is -0.488 e. The monoisotopic (exact) mass is 241 g/mol. The lowest BCUT2D eigenvalue weighted by atomic mass is 10.2. The molecule has 0 unspecified atom stereocenters. The Morgan fingerprint density at radius 2 is 2.00 bits per heavy atom. The molecule has 0 atom stereocenters. The van der Waals surface area contributed by atoms with Crippen LogP contribution in [0.1, 0.15) is 11.1 Å². The number of aliphatic hydroxyl groups is 1. The predicted octanol–water partition coefficient (Wildman–Crippen LogP) is 2.67. The van der Waals surface area contributed by atoms with E-state index in [1.807, 2.05) is 42.5 Å². The van der Waals surface area contributed by atoms with Gasteiger partial charge in [-0.3, -0.25) is 4.98 Å². The fourth-order valence-electron chi connectivity index (χ4n) is 1.56. The first-order valence-corrected chi connectivity index (χ1v) is 5.78. The molecular formula is C15H15NO2. The molecule has 1 N–H and O–H groups in total. The van der Waals surface area contributed by atoms with Crippen LogP contribution in [0.25, 0.3) is 6.08 Å². The highest BCUT2D eigenvalue weighted by Gasteiger charge is 2.00. The number of pyridine rings is 1. The maximum Gasteiger partial charge on any atom is 0.143 e. The molecule has 0 saturated heterocycles. The van der Waals surface area contributed by atoms with E-state index in [1.54, 1.807) is 18.5 Å². The fourth-order valence-corrected chi connectivity index (χ4v) is 1.56. The van der Waals surface area contributed by atoms with Gasteiger partial charge in [-0.05, 0) is 17.7 Å². The summed E-state index contributed by atoms with van der Waals surface area (Å²) in [6.45, 7) is 0.411. The molecule has 1 aromatic carbocycles. The number of rotatable bonds is 5. The van der Waals surface area contributed by atoms with E-state index in [0.29, 0.717) is 12.4 Å². The van der Waals surface area contributed by atoms with Crippen LogP contribution in [0.15, 0.2) is 54.9 Å². The Labute approximate surface area is 106 Å². The fraction of sp³-hybridized carbons (Fsp3) is 0.133. The third-order valence-corrected chi connectivity index (χ3v) is 2.49. The van der Waals surface area contributed by atoms with Crippen LogP contribution < -0.4 is 4.74 Å². The average molecular weight is 241 g/mol. The van der Waals surface area contributed by atoms with Gasteiger partial charge in [0.15, 0.2) is 0 Å². The van der Waals surface area contributed by atoms with Crippen molar-refractivity contribution in [2.45, 2.75) is 6.61 Å². The minimum atomic E-state index is -0.0414. The largest absolute Gasteiger partial charge is 0.488 e. The van der Waals surface area contributed by atoms with Crippen LogP contribution in [0.2, 0.25) is 0 Å². The SMILES string of the molecule is OCc1ccncc1OC/C=C/c1ccccc1. The second kappa shape index (κ2) is 6.57. The van der Waals surface area contributed by atoms with Gasteiger partial charge in [-0.2, -0.15) is 0 Å². The lowest BCUT2D eigenvalue weighted by Crippen LogP contribution is -1.98. The second-order valence-corrected chi connectivity index (χ2v) is 3.77. The van der Waals surface area contributed by atoms with Crippen molar-refractivity contribution < 1.29 is 9.84 Å². The van der Waals surface area contributed by atoms with Gasteiger partial charge in [0.2, 0.25) is 0 Å². The van der Waals surface area contributed by atoms with Gasteiger partial charge in [0, 0.05) is 11.8 Å². The molecule has 3 nitrogen and oxygen atoms in total. The number of aromatic nitrogens is 1. The maximum absolute atomic E-state index is 9.13. The number of nitrogens with zero attached hydrogens (tertiary/aromatic N) is 1. The highest BCUT2D eigenvalue weighted by molar-refractivity contribution is 5.48. The molecule has 18 heavy (non-hydrogen) atoms. The molecule has 0 amide bonds. The number of hydrogen-bond acceptors (Lipinski definition) is 3. The predicted molar refractivity (Wildman–Crippen MR) is 71.1 cm³/mol. The molecule has 3 heteroatoms. The van der Waals surface area contributed by atoms with Crippen molar-refractivity contribution in [1.82, 2.24) is 4.98 Å². The van der Waals surface area contributed by atoms with E-state index in [2.05, 4.69) is 4.98 Å². The standard InChI is InChI=1S/C15H15NO2/c17-12-14-8-9-16-11-15(14)18-10-4-7-13-5-2-1-3-6-13/h1-9,11,17H,10,12H2/b7-4+. The molecule has 2 rings (SSSR count). The van der Waals surface area contributed by atoms with Crippen molar-refractivity contribution in [3.05, 3.63) is 66.0 Å². The smallest absolute Gasteiger partial charge is 0.143 e. The molecule has 0 spiro atoms. The summed E-state index contributed by atoms with van der Waals surface area (Å²) in [5, 5.41) is 9.13. The number of ether oxygens (including phenoxy) is 1. The number of aliphatic hydroxyl groups excluding tert-OH is 1. The Morgan fingerprint density at radius 3 is 2.78 bits per heavy atom. The van der Waals surface area contributed by atoms with Crippen LogP contribution in [-0.4, -0.2) is 16.7 Å². The maximum atomic E-state index is 9.13. The van der Waals surface area contributed by atoms with Crippen LogP contribution in [0.5, 0.6) is 5.75 Å². The summed E-state index contributed by atoms with van der Waals surface area (Å²) in [5.74, 6) is 0.623. The Morgan fingerprint density at radius 1 is 1.17 bits per heavy atom. The van der Waals surface area contributed by atoms with Crippen LogP contribution in [0.4, 0.5) is 0 Å². The minimum absolute atomic E-state index is 0.0414. The highest BCUT2D eigenvalue weighted by Crippen LogP contribution is 2.15. The molecule has 0 saturated carbocycles. The molecule has 0 aliphatic carbocycles. The molecule has 0 aliphatic rings. The number of hydrogen-bond donors (Lipinski definition) is 1. The molecule has 0 radical (unpaired) electrons. The molecule has 0 bridgehead atoms. The molecule has 2 aromatic rings. The van der Waals surface area contributed by atoms with E-state index in [4.69, 9.17) is 9.84 Å². The zero-order valence-electron chi connectivity index (χ0n) is 9.99. The Kier molecular flexibility index (Phi) is 4.50. The van der Waals surface area contributed by atoms with Crippen molar-refractivity contribution in [2.24, 2.45) is 0 Å². The summed E-state index contributed by atoms with van der Waals surface area (Å²) in [6.07, 6.45) is 7.18. The van der Waals surface area contributed by atoms with Crippen molar-refractivity contribution in [3.63, 3.8) is 0 Å². The summed E-state index contributed by atoms with van der Waals surface area (Å²) < 4.78 is 5.54. The molecule has 1 aromatic heterocycles. The molecule has 0 aliphatic heterocycles. The lowest BCUT2D eigenvalue weighted by molar-refractivity contribution is 0.269. The van der Waals surface area contributed by atoms with Gasteiger partial charge in [-0.25, -0.2) is 0 Å². The van der Waals surface area contributed by atoms with Crippen LogP contribution in [0, 0.1) is 0 Å². The first-order chi connectivity index (χ1) is 8.90. The van der Waals surface area contributed by atoms with Crippen molar-refractivity contribution in [2.75, 3.05) is 6.61 Å². The van der Waals surface area contributed by atoms with Crippen molar-refractivity contribution in [1.29, 1.82) is 0 Å². The third kappa shape index (κ3) is 3.43. The van der Waals surface area contributed by atoms with E-state index in [9.17, 15) is 0 Å². The van der Waals surface area contributed by atoms with Gasteiger partial charge in [0.25, 0.3) is 0 Å². The van der Waals surface area contributed by atoms with Crippen LogP contribution in [0.3, 0.4) is 0 Å². The first-order valence-electron chi connectivity index (χ1n) is 5.78. The molecule has 1 heterocycles. The summed E-state index contributed by atoms with van der Waals surface area (Å²) in [6, 6.07) is 11.8. The third-order valence-electron chi connectivity index (χ3n) is 2.49. The molecule has 0 fully saturated rings. The molecular weight excluding hydrogens is 226 g/mol. The topological polar surface area (TPSA) is 42.4 Å². The van der Waals surface area contributed by atoms with E-state index in [-0.39, 0.29) is 6.61 Å². The van der Waals surface area contributed by atoms with Gasteiger partial charge in [0.1, 0.15) is 12.4 Å². The zero-order chi connectivity index (χ0) is 12.6.